The first kappa shape index (κ1) is 11.1. The third kappa shape index (κ3) is 1.48. The Morgan fingerprint density at radius 2 is 1.58 bits per heavy atom. The lowest BCUT2D eigenvalue weighted by Gasteiger charge is -2.01. The summed E-state index contributed by atoms with van der Waals surface area (Å²) >= 11 is 2.17. The van der Waals surface area contributed by atoms with Crippen LogP contribution in [0, 0.1) is 3.57 Å². The van der Waals surface area contributed by atoms with Crippen molar-refractivity contribution in [3.05, 3.63) is 52.1 Å². The van der Waals surface area contributed by atoms with Crippen molar-refractivity contribution < 1.29 is 9.52 Å². The van der Waals surface area contributed by atoms with Crippen LogP contribution in [0.2, 0.25) is 0 Å². The highest BCUT2D eigenvalue weighted by Gasteiger charge is 2.14. The van der Waals surface area contributed by atoms with Crippen LogP contribution in [-0.2, 0) is 0 Å². The van der Waals surface area contributed by atoms with E-state index in [4.69, 9.17) is 4.42 Å². The van der Waals surface area contributed by atoms with Crippen molar-refractivity contribution in [2.24, 2.45) is 0 Å². The summed E-state index contributed by atoms with van der Waals surface area (Å²) < 4.78 is 6.72. The van der Waals surface area contributed by atoms with Crippen molar-refractivity contribution >= 4 is 55.3 Å². The lowest BCUT2D eigenvalue weighted by Crippen LogP contribution is -1.77. The molecule has 0 fully saturated rings. The smallest absolute Gasteiger partial charge is 0.136 e. The van der Waals surface area contributed by atoms with Gasteiger partial charge in [-0.15, -0.1) is 0 Å². The summed E-state index contributed by atoms with van der Waals surface area (Å²) in [7, 11) is 0. The number of phenols is 1. The first-order valence-electron chi connectivity index (χ1n) is 5.97. The fourth-order valence-corrected chi connectivity index (χ4v) is 3.29. The minimum atomic E-state index is 0.295. The quantitative estimate of drug-likeness (QED) is 0.445. The van der Waals surface area contributed by atoms with Crippen molar-refractivity contribution in [3.8, 4) is 5.75 Å². The van der Waals surface area contributed by atoms with Crippen LogP contribution in [0.1, 0.15) is 0 Å². The highest BCUT2D eigenvalue weighted by atomic mass is 127. The van der Waals surface area contributed by atoms with Gasteiger partial charge in [0, 0.05) is 10.8 Å². The Hall–Kier alpha value is -1.75. The first-order chi connectivity index (χ1) is 9.25. The summed E-state index contributed by atoms with van der Waals surface area (Å²) in [5, 5.41) is 14.3. The van der Waals surface area contributed by atoms with Crippen LogP contribution in [0.15, 0.2) is 52.9 Å². The number of rotatable bonds is 0. The molecule has 0 aliphatic carbocycles. The van der Waals surface area contributed by atoms with Gasteiger partial charge in [0.15, 0.2) is 0 Å². The maximum absolute atomic E-state index is 9.92. The van der Waals surface area contributed by atoms with Crippen molar-refractivity contribution in [2.75, 3.05) is 0 Å². The fraction of sp³-hybridized carbons (Fsp3) is 0. The van der Waals surface area contributed by atoms with Crippen LogP contribution >= 0.6 is 22.6 Å². The fourth-order valence-electron chi connectivity index (χ4n) is 2.58. The third-order valence-corrected chi connectivity index (χ3v) is 4.54. The van der Waals surface area contributed by atoms with Gasteiger partial charge in [-0.1, -0.05) is 30.3 Å². The Bertz CT molecular complexity index is 938. The number of hydrogen-bond donors (Lipinski definition) is 1. The Kier molecular flexibility index (Phi) is 2.26. The maximum atomic E-state index is 9.92. The summed E-state index contributed by atoms with van der Waals surface area (Å²) in [6.45, 7) is 0. The molecule has 0 aliphatic rings. The standard InChI is InChI=1S/C16H9IO2/c17-16-11(18)6-8-13-15(16)14-10-4-2-1-3-9(10)5-7-12(14)19-13/h1-8,18H. The molecule has 0 saturated carbocycles. The average molecular weight is 360 g/mol. The molecule has 3 heteroatoms. The molecule has 0 unspecified atom stereocenters. The summed E-state index contributed by atoms with van der Waals surface area (Å²) in [5.74, 6) is 0.295. The van der Waals surface area contributed by atoms with Crippen LogP contribution in [0.3, 0.4) is 0 Å². The molecule has 1 heterocycles. The first-order valence-corrected chi connectivity index (χ1v) is 7.05. The zero-order valence-corrected chi connectivity index (χ0v) is 12.0. The topological polar surface area (TPSA) is 33.4 Å². The summed E-state index contributed by atoms with van der Waals surface area (Å²) in [5.41, 5.74) is 1.67. The summed E-state index contributed by atoms with van der Waals surface area (Å²) in [6, 6.07) is 15.8. The number of phenolic OH excluding ortho intramolecular Hbond substituents is 1. The van der Waals surface area contributed by atoms with E-state index in [1.54, 1.807) is 6.07 Å². The highest BCUT2D eigenvalue weighted by Crippen LogP contribution is 2.39. The molecule has 19 heavy (non-hydrogen) atoms. The average Bonchev–Trinajstić information content (AvgIpc) is 2.82. The Balaban J connectivity index is 2.38. The molecule has 4 rings (SSSR count). The second-order valence-corrected chi connectivity index (χ2v) is 5.61. The lowest BCUT2D eigenvalue weighted by molar-refractivity contribution is 0.472. The van der Waals surface area contributed by atoms with Gasteiger partial charge in [0.25, 0.3) is 0 Å². The van der Waals surface area contributed by atoms with Crippen molar-refractivity contribution in [2.45, 2.75) is 0 Å². The van der Waals surface area contributed by atoms with Gasteiger partial charge in [0.05, 0.1) is 3.57 Å². The van der Waals surface area contributed by atoms with Crippen LogP contribution < -0.4 is 0 Å². The van der Waals surface area contributed by atoms with Gasteiger partial charge in [-0.2, -0.15) is 0 Å². The van der Waals surface area contributed by atoms with E-state index in [-0.39, 0.29) is 0 Å². The van der Waals surface area contributed by atoms with E-state index in [0.29, 0.717) is 5.75 Å². The number of fused-ring (bicyclic) bond motifs is 5. The number of aromatic hydroxyl groups is 1. The molecule has 0 aliphatic heterocycles. The van der Waals surface area contributed by atoms with Gasteiger partial charge >= 0.3 is 0 Å². The molecule has 0 radical (unpaired) electrons. The SMILES string of the molecule is Oc1ccc2oc3ccc4ccccc4c3c2c1I. The molecule has 0 saturated heterocycles. The molecular weight excluding hydrogens is 351 g/mol. The largest absolute Gasteiger partial charge is 0.507 e. The summed E-state index contributed by atoms with van der Waals surface area (Å²) in [4.78, 5) is 0. The van der Waals surface area contributed by atoms with E-state index in [1.165, 1.54) is 5.39 Å². The molecule has 0 spiro atoms. The Morgan fingerprint density at radius 3 is 2.47 bits per heavy atom. The maximum Gasteiger partial charge on any atom is 0.136 e. The molecular formula is C16H9IO2. The molecule has 2 nitrogen and oxygen atoms in total. The van der Waals surface area contributed by atoms with Gasteiger partial charge in [0.2, 0.25) is 0 Å². The van der Waals surface area contributed by atoms with E-state index in [2.05, 4.69) is 40.8 Å². The zero-order valence-electron chi connectivity index (χ0n) is 9.85. The molecule has 1 aromatic heterocycles. The normalized spacial score (nSPS) is 11.6. The molecule has 3 aromatic carbocycles. The summed E-state index contributed by atoms with van der Waals surface area (Å²) in [6.07, 6.45) is 0. The molecule has 4 aromatic rings. The van der Waals surface area contributed by atoms with E-state index in [0.717, 1.165) is 30.9 Å². The number of furan rings is 1. The minimum Gasteiger partial charge on any atom is -0.507 e. The van der Waals surface area contributed by atoms with Crippen LogP contribution in [0.5, 0.6) is 5.75 Å². The minimum absolute atomic E-state index is 0.295. The van der Waals surface area contributed by atoms with Crippen molar-refractivity contribution in [1.82, 2.24) is 0 Å². The molecule has 0 atom stereocenters. The molecule has 92 valence electrons. The third-order valence-electron chi connectivity index (χ3n) is 3.44. The zero-order chi connectivity index (χ0) is 13.0. The monoisotopic (exact) mass is 360 g/mol. The molecule has 0 amide bonds. The molecule has 1 N–H and O–H groups in total. The predicted octanol–water partition coefficient (Wildman–Crippen LogP) is 5.05. The van der Waals surface area contributed by atoms with Gasteiger partial charge in [-0.25, -0.2) is 0 Å². The van der Waals surface area contributed by atoms with E-state index in [1.807, 2.05) is 24.3 Å². The van der Waals surface area contributed by atoms with E-state index in [9.17, 15) is 5.11 Å². The van der Waals surface area contributed by atoms with E-state index < -0.39 is 0 Å². The van der Waals surface area contributed by atoms with Crippen LogP contribution in [-0.4, -0.2) is 5.11 Å². The van der Waals surface area contributed by atoms with Gasteiger partial charge < -0.3 is 9.52 Å². The van der Waals surface area contributed by atoms with Gasteiger partial charge in [-0.05, 0) is 51.6 Å². The second-order valence-electron chi connectivity index (χ2n) is 4.53. The highest BCUT2D eigenvalue weighted by molar-refractivity contribution is 14.1. The predicted molar refractivity (Wildman–Crippen MR) is 85.6 cm³/mol. The van der Waals surface area contributed by atoms with Crippen molar-refractivity contribution in [1.29, 1.82) is 0 Å². The number of halogens is 1. The Morgan fingerprint density at radius 1 is 0.842 bits per heavy atom. The van der Waals surface area contributed by atoms with Gasteiger partial charge in [-0.3, -0.25) is 0 Å². The van der Waals surface area contributed by atoms with Crippen molar-refractivity contribution in [3.63, 3.8) is 0 Å². The number of hydrogen-bond acceptors (Lipinski definition) is 2. The van der Waals surface area contributed by atoms with Crippen LogP contribution in [0.25, 0.3) is 32.7 Å². The second kappa shape index (κ2) is 3.87. The van der Waals surface area contributed by atoms with Gasteiger partial charge in [0.1, 0.15) is 16.9 Å². The van der Waals surface area contributed by atoms with Crippen LogP contribution in [0.4, 0.5) is 0 Å². The Labute approximate surface area is 122 Å². The van der Waals surface area contributed by atoms with E-state index >= 15 is 0 Å². The number of benzene rings is 3. The lowest BCUT2D eigenvalue weighted by atomic mass is 10.0. The molecule has 0 bridgehead atoms.